The maximum absolute atomic E-state index is 12.5. The Kier molecular flexibility index (Phi) is 6.49. The molecule has 2 rings (SSSR count). The number of rotatable bonds is 6. The normalized spacial score (nSPS) is 19.9. The van der Waals surface area contributed by atoms with Crippen LogP contribution >= 0.6 is 15.9 Å². The summed E-state index contributed by atoms with van der Waals surface area (Å²) in [5.74, 6) is -0.703. The van der Waals surface area contributed by atoms with E-state index in [9.17, 15) is 19.7 Å². The molecule has 1 heterocycles. The Morgan fingerprint density at radius 1 is 1.48 bits per heavy atom. The van der Waals surface area contributed by atoms with Gasteiger partial charge >= 0.3 is 5.97 Å². The zero-order valence-corrected chi connectivity index (χ0v) is 15.3. The van der Waals surface area contributed by atoms with Crippen LogP contribution in [0.4, 0.5) is 5.69 Å². The zero-order valence-electron chi connectivity index (χ0n) is 13.7. The number of nitrogens with one attached hydrogen (secondary N) is 1. The summed E-state index contributed by atoms with van der Waals surface area (Å²) in [5.41, 5.74) is -0.220. The molecule has 1 atom stereocenters. The molecule has 1 aliphatic rings. The van der Waals surface area contributed by atoms with E-state index in [0.717, 1.165) is 6.42 Å². The topological polar surface area (TPSA) is 108 Å². The molecule has 1 aromatic carbocycles. The molecule has 25 heavy (non-hydrogen) atoms. The molecule has 0 spiro atoms. The van der Waals surface area contributed by atoms with Gasteiger partial charge in [-0.15, -0.1) is 0 Å². The molecule has 0 aliphatic carbocycles. The fourth-order valence-corrected chi connectivity index (χ4v) is 3.30. The first kappa shape index (κ1) is 19.3. The summed E-state index contributed by atoms with van der Waals surface area (Å²) >= 11 is 3.25. The molecule has 0 radical (unpaired) electrons. The summed E-state index contributed by atoms with van der Waals surface area (Å²) in [6.07, 6.45) is 1.42. The Bertz CT molecular complexity index is 673. The molecule has 0 unspecified atom stereocenters. The van der Waals surface area contributed by atoms with Gasteiger partial charge in [0.25, 0.3) is 5.69 Å². The Morgan fingerprint density at radius 3 is 2.80 bits per heavy atom. The van der Waals surface area contributed by atoms with Crippen molar-refractivity contribution >= 4 is 33.5 Å². The van der Waals surface area contributed by atoms with Crippen molar-refractivity contribution in [2.45, 2.75) is 31.2 Å². The second kappa shape index (κ2) is 8.39. The first-order chi connectivity index (χ1) is 11.8. The maximum Gasteiger partial charge on any atom is 0.307 e. The van der Waals surface area contributed by atoms with Gasteiger partial charge in [-0.2, -0.15) is 0 Å². The third-order valence-electron chi connectivity index (χ3n) is 4.04. The maximum atomic E-state index is 12.5. The van der Waals surface area contributed by atoms with Gasteiger partial charge in [0.15, 0.2) is 0 Å². The van der Waals surface area contributed by atoms with Gasteiger partial charge in [-0.25, -0.2) is 0 Å². The first-order valence-electron chi connectivity index (χ1n) is 7.74. The van der Waals surface area contributed by atoms with E-state index in [1.54, 1.807) is 0 Å². The number of nitro benzene ring substituents is 1. The molecule has 136 valence electrons. The number of hydrogen-bond acceptors (Lipinski definition) is 6. The lowest BCUT2D eigenvalue weighted by Gasteiger charge is -2.37. The molecule has 0 saturated carbocycles. The van der Waals surface area contributed by atoms with E-state index in [1.165, 1.54) is 25.3 Å². The largest absolute Gasteiger partial charge is 0.469 e. The minimum absolute atomic E-state index is 0.0293. The molecule has 1 aromatic rings. The summed E-state index contributed by atoms with van der Waals surface area (Å²) in [7, 11) is 1.30. The van der Waals surface area contributed by atoms with E-state index in [0.29, 0.717) is 23.1 Å². The fraction of sp³-hybridized carbons (Fsp3) is 0.500. The summed E-state index contributed by atoms with van der Waals surface area (Å²) in [6, 6.07) is 4.24. The van der Waals surface area contributed by atoms with Crippen LogP contribution < -0.4 is 5.32 Å². The van der Waals surface area contributed by atoms with Crippen LogP contribution in [0.1, 0.15) is 24.8 Å². The van der Waals surface area contributed by atoms with Crippen LogP contribution in [0.2, 0.25) is 0 Å². The van der Waals surface area contributed by atoms with Crippen molar-refractivity contribution in [3.8, 4) is 0 Å². The van der Waals surface area contributed by atoms with Crippen LogP contribution in [0.25, 0.3) is 0 Å². The van der Waals surface area contributed by atoms with Crippen molar-refractivity contribution in [3.63, 3.8) is 0 Å². The van der Waals surface area contributed by atoms with Crippen LogP contribution in [-0.4, -0.2) is 42.7 Å². The highest BCUT2D eigenvalue weighted by Crippen LogP contribution is 2.26. The second-order valence-electron chi connectivity index (χ2n) is 5.95. The Balaban J connectivity index is 2.08. The van der Waals surface area contributed by atoms with Crippen LogP contribution in [0.5, 0.6) is 0 Å². The molecule has 0 bridgehead atoms. The third-order valence-corrected chi connectivity index (χ3v) is 4.77. The van der Waals surface area contributed by atoms with E-state index < -0.39 is 16.4 Å². The number of methoxy groups -OCH3 is 1. The van der Waals surface area contributed by atoms with Crippen LogP contribution in [0.3, 0.4) is 0 Å². The Morgan fingerprint density at radius 2 is 2.24 bits per heavy atom. The van der Waals surface area contributed by atoms with Crippen molar-refractivity contribution in [2.24, 2.45) is 0 Å². The predicted octanol–water partition coefficient (Wildman–Crippen LogP) is 2.13. The number of non-ortho nitro benzene ring substituents is 1. The number of hydrogen-bond donors (Lipinski definition) is 1. The van der Waals surface area contributed by atoms with Gasteiger partial charge in [-0.1, -0.05) is 22.0 Å². The number of esters is 1. The van der Waals surface area contributed by atoms with Gasteiger partial charge in [0, 0.05) is 23.2 Å². The van der Waals surface area contributed by atoms with Crippen molar-refractivity contribution in [1.29, 1.82) is 0 Å². The van der Waals surface area contributed by atoms with Crippen molar-refractivity contribution in [1.82, 2.24) is 5.32 Å². The van der Waals surface area contributed by atoms with Crippen LogP contribution in [0.15, 0.2) is 22.7 Å². The standard InChI is InChI=1S/C16H19BrN2O6/c1-24-15(21)9-16(5-2-6-25-10-16)18-14(20)7-11-3-4-12(19(22)23)8-13(11)17/h3-4,8H,2,5-7,9-10H2,1H3,(H,18,20)/t16-/m1/s1. The van der Waals surface area contributed by atoms with Gasteiger partial charge in [-0.05, 0) is 18.4 Å². The highest BCUT2D eigenvalue weighted by molar-refractivity contribution is 9.10. The quantitative estimate of drug-likeness (QED) is 0.433. The number of ether oxygens (including phenoxy) is 2. The second-order valence-corrected chi connectivity index (χ2v) is 6.80. The van der Waals surface area contributed by atoms with E-state index in [1.807, 2.05) is 0 Å². The average Bonchev–Trinajstić information content (AvgIpc) is 2.57. The number of nitro groups is 1. The zero-order chi connectivity index (χ0) is 18.4. The smallest absolute Gasteiger partial charge is 0.307 e. The molecule has 1 fully saturated rings. The SMILES string of the molecule is COC(=O)C[C@]1(NC(=O)Cc2ccc([N+](=O)[O-])cc2Br)CCCOC1. The van der Waals surface area contributed by atoms with Gasteiger partial charge in [-0.3, -0.25) is 19.7 Å². The Hall–Kier alpha value is -2.00. The lowest BCUT2D eigenvalue weighted by molar-refractivity contribution is -0.384. The van der Waals surface area contributed by atoms with E-state index in [4.69, 9.17) is 9.47 Å². The van der Waals surface area contributed by atoms with Crippen molar-refractivity contribution < 1.29 is 24.0 Å². The molecular weight excluding hydrogens is 396 g/mol. The van der Waals surface area contributed by atoms with Crippen LogP contribution in [0, 0.1) is 10.1 Å². The minimum atomic E-state index is -0.782. The fourth-order valence-electron chi connectivity index (χ4n) is 2.79. The van der Waals surface area contributed by atoms with E-state index in [-0.39, 0.29) is 31.0 Å². The summed E-state index contributed by atoms with van der Waals surface area (Å²) in [6.45, 7) is 0.835. The molecule has 8 nitrogen and oxygen atoms in total. The molecule has 1 aliphatic heterocycles. The molecule has 1 N–H and O–H groups in total. The minimum Gasteiger partial charge on any atom is -0.469 e. The summed E-state index contributed by atoms with van der Waals surface area (Å²) < 4.78 is 10.6. The average molecular weight is 415 g/mol. The predicted molar refractivity (Wildman–Crippen MR) is 92.1 cm³/mol. The third kappa shape index (κ3) is 5.23. The monoisotopic (exact) mass is 414 g/mol. The lowest BCUT2D eigenvalue weighted by Crippen LogP contribution is -2.55. The highest BCUT2D eigenvalue weighted by atomic mass is 79.9. The van der Waals surface area contributed by atoms with E-state index in [2.05, 4.69) is 21.2 Å². The first-order valence-corrected chi connectivity index (χ1v) is 8.53. The van der Waals surface area contributed by atoms with Gasteiger partial charge in [0.1, 0.15) is 0 Å². The van der Waals surface area contributed by atoms with Gasteiger partial charge < -0.3 is 14.8 Å². The number of carbonyl (C=O) groups excluding carboxylic acids is 2. The summed E-state index contributed by atoms with van der Waals surface area (Å²) in [5, 5.41) is 13.7. The van der Waals surface area contributed by atoms with Gasteiger partial charge in [0.2, 0.25) is 5.91 Å². The number of nitrogens with zero attached hydrogens (tertiary/aromatic N) is 1. The number of benzene rings is 1. The molecule has 0 aromatic heterocycles. The van der Waals surface area contributed by atoms with Gasteiger partial charge in [0.05, 0.1) is 37.0 Å². The summed E-state index contributed by atoms with van der Waals surface area (Å²) in [4.78, 5) is 34.4. The molecule has 1 saturated heterocycles. The number of amides is 1. The lowest BCUT2D eigenvalue weighted by atomic mass is 9.88. The molecular formula is C16H19BrN2O6. The Labute approximate surface area is 153 Å². The number of halogens is 1. The van der Waals surface area contributed by atoms with Crippen molar-refractivity contribution in [2.75, 3.05) is 20.3 Å². The van der Waals surface area contributed by atoms with E-state index >= 15 is 0 Å². The molecule has 9 heteroatoms. The van der Waals surface area contributed by atoms with Crippen molar-refractivity contribution in [3.05, 3.63) is 38.3 Å². The highest BCUT2D eigenvalue weighted by Gasteiger charge is 2.37. The molecule has 1 amide bonds. The van der Waals surface area contributed by atoms with Crippen LogP contribution in [-0.2, 0) is 25.5 Å². The number of carbonyl (C=O) groups is 2.